The van der Waals surface area contributed by atoms with E-state index in [1.165, 1.54) is 14.2 Å². The molecule has 2 amide bonds. The van der Waals surface area contributed by atoms with E-state index in [1.807, 2.05) is 0 Å². The number of rotatable bonds is 5. The van der Waals surface area contributed by atoms with Crippen molar-refractivity contribution >= 4 is 17.5 Å². The summed E-state index contributed by atoms with van der Waals surface area (Å²) < 4.78 is 22.0. The summed E-state index contributed by atoms with van der Waals surface area (Å²) in [6.07, 6.45) is 3.72. The zero-order chi connectivity index (χ0) is 18.6. The standard InChI is InChI=1S/C18H24N2O6/c1-23-14-6-5-12(9-15(14)24-2)20-17(22)16(21)19-10-13-11-25-18(26-13)7-3-4-8-18/h5-6,9,13H,3-4,7-8,10-11H2,1-2H3,(H,19,21)(H,20,22)/t13-/m0/s1. The number of carbonyl (C=O) groups is 2. The van der Waals surface area contributed by atoms with E-state index < -0.39 is 17.6 Å². The van der Waals surface area contributed by atoms with Crippen molar-refractivity contribution in [2.45, 2.75) is 37.6 Å². The van der Waals surface area contributed by atoms with Gasteiger partial charge >= 0.3 is 11.8 Å². The van der Waals surface area contributed by atoms with Gasteiger partial charge in [0.1, 0.15) is 6.10 Å². The summed E-state index contributed by atoms with van der Waals surface area (Å²) in [5, 5.41) is 5.12. The molecular weight excluding hydrogens is 340 g/mol. The first-order valence-electron chi connectivity index (χ1n) is 8.68. The summed E-state index contributed by atoms with van der Waals surface area (Å²) in [6.45, 7) is 0.664. The van der Waals surface area contributed by atoms with Crippen molar-refractivity contribution in [2.24, 2.45) is 0 Å². The smallest absolute Gasteiger partial charge is 0.313 e. The van der Waals surface area contributed by atoms with Gasteiger partial charge in [-0.25, -0.2) is 0 Å². The van der Waals surface area contributed by atoms with Crippen molar-refractivity contribution in [3.8, 4) is 11.5 Å². The van der Waals surface area contributed by atoms with Crippen LogP contribution in [0.3, 0.4) is 0 Å². The first kappa shape index (κ1) is 18.5. The molecule has 1 atom stereocenters. The van der Waals surface area contributed by atoms with Crippen molar-refractivity contribution < 1.29 is 28.5 Å². The topological polar surface area (TPSA) is 95.1 Å². The van der Waals surface area contributed by atoms with E-state index >= 15 is 0 Å². The molecule has 1 heterocycles. The fourth-order valence-electron chi connectivity index (χ4n) is 3.28. The Labute approximate surface area is 152 Å². The first-order valence-corrected chi connectivity index (χ1v) is 8.68. The molecule has 0 radical (unpaired) electrons. The van der Waals surface area contributed by atoms with Gasteiger partial charge in [0.15, 0.2) is 17.3 Å². The van der Waals surface area contributed by atoms with Crippen molar-refractivity contribution in [3.05, 3.63) is 18.2 Å². The van der Waals surface area contributed by atoms with Crippen molar-refractivity contribution in [3.63, 3.8) is 0 Å². The van der Waals surface area contributed by atoms with Crippen LogP contribution in [0.25, 0.3) is 0 Å². The van der Waals surface area contributed by atoms with Crippen LogP contribution in [0.4, 0.5) is 5.69 Å². The maximum atomic E-state index is 12.1. The Kier molecular flexibility index (Phi) is 5.63. The van der Waals surface area contributed by atoms with E-state index in [4.69, 9.17) is 18.9 Å². The van der Waals surface area contributed by atoms with Crippen LogP contribution in [-0.2, 0) is 19.1 Å². The molecule has 0 unspecified atom stereocenters. The number of hydrogen-bond donors (Lipinski definition) is 2. The molecule has 1 aromatic rings. The lowest BCUT2D eigenvalue weighted by atomic mass is 10.2. The summed E-state index contributed by atoms with van der Waals surface area (Å²) in [7, 11) is 3.02. The lowest BCUT2D eigenvalue weighted by Crippen LogP contribution is -2.40. The Hall–Kier alpha value is -2.32. The third-order valence-electron chi connectivity index (χ3n) is 4.62. The number of carbonyl (C=O) groups excluding carboxylic acids is 2. The summed E-state index contributed by atoms with van der Waals surface area (Å²) in [5.41, 5.74) is 0.438. The quantitative estimate of drug-likeness (QED) is 0.768. The molecule has 8 nitrogen and oxygen atoms in total. The third-order valence-corrected chi connectivity index (χ3v) is 4.62. The number of anilines is 1. The summed E-state index contributed by atoms with van der Waals surface area (Å²) in [4.78, 5) is 24.1. The minimum absolute atomic E-state index is 0.231. The van der Waals surface area contributed by atoms with Crippen LogP contribution in [-0.4, -0.2) is 51.1 Å². The summed E-state index contributed by atoms with van der Waals surface area (Å²) >= 11 is 0. The molecule has 1 aromatic carbocycles. The molecular formula is C18H24N2O6. The second kappa shape index (κ2) is 7.92. The molecule has 2 fully saturated rings. The van der Waals surface area contributed by atoms with Gasteiger partial charge in [-0.05, 0) is 25.0 Å². The van der Waals surface area contributed by atoms with E-state index in [1.54, 1.807) is 18.2 Å². The highest BCUT2D eigenvalue weighted by Gasteiger charge is 2.43. The lowest BCUT2D eigenvalue weighted by Gasteiger charge is -2.21. The molecule has 3 rings (SSSR count). The Bertz CT molecular complexity index is 672. The van der Waals surface area contributed by atoms with Crippen LogP contribution < -0.4 is 20.1 Å². The number of nitrogens with one attached hydrogen (secondary N) is 2. The average molecular weight is 364 g/mol. The molecule has 0 aromatic heterocycles. The van der Waals surface area contributed by atoms with Crippen LogP contribution in [0.1, 0.15) is 25.7 Å². The Morgan fingerprint density at radius 3 is 2.58 bits per heavy atom. The van der Waals surface area contributed by atoms with E-state index in [-0.39, 0.29) is 12.6 Å². The fourth-order valence-corrected chi connectivity index (χ4v) is 3.28. The number of hydrogen-bond acceptors (Lipinski definition) is 6. The molecule has 26 heavy (non-hydrogen) atoms. The highest BCUT2D eigenvalue weighted by atomic mass is 16.7. The van der Waals surface area contributed by atoms with Crippen molar-refractivity contribution in [1.29, 1.82) is 0 Å². The molecule has 142 valence electrons. The normalized spacial score (nSPS) is 20.8. The minimum atomic E-state index is -0.758. The van der Waals surface area contributed by atoms with E-state index in [2.05, 4.69) is 10.6 Å². The molecule has 8 heteroatoms. The molecule has 1 aliphatic heterocycles. The van der Waals surface area contributed by atoms with Gasteiger partial charge in [-0.15, -0.1) is 0 Å². The van der Waals surface area contributed by atoms with Gasteiger partial charge in [0, 0.05) is 31.1 Å². The third kappa shape index (κ3) is 4.08. The average Bonchev–Trinajstić information content (AvgIpc) is 3.29. The highest BCUT2D eigenvalue weighted by molar-refractivity contribution is 6.39. The molecule has 1 spiro atoms. The maximum Gasteiger partial charge on any atom is 0.313 e. The Morgan fingerprint density at radius 1 is 1.15 bits per heavy atom. The zero-order valence-corrected chi connectivity index (χ0v) is 15.0. The lowest BCUT2D eigenvalue weighted by molar-refractivity contribution is -0.161. The van der Waals surface area contributed by atoms with Crippen molar-refractivity contribution in [1.82, 2.24) is 5.32 Å². The number of amides is 2. The Morgan fingerprint density at radius 2 is 1.88 bits per heavy atom. The van der Waals surface area contributed by atoms with Crippen LogP contribution >= 0.6 is 0 Å². The zero-order valence-electron chi connectivity index (χ0n) is 15.0. The van der Waals surface area contributed by atoms with Crippen LogP contribution in [0, 0.1) is 0 Å². The predicted molar refractivity (Wildman–Crippen MR) is 93.2 cm³/mol. The first-order chi connectivity index (χ1) is 12.5. The van der Waals surface area contributed by atoms with Gasteiger partial charge in [-0.1, -0.05) is 0 Å². The molecule has 2 N–H and O–H groups in total. The van der Waals surface area contributed by atoms with Crippen LogP contribution in [0.2, 0.25) is 0 Å². The molecule has 1 aliphatic carbocycles. The fraction of sp³-hybridized carbons (Fsp3) is 0.556. The number of ether oxygens (including phenoxy) is 4. The second-order valence-corrected chi connectivity index (χ2v) is 6.40. The van der Waals surface area contributed by atoms with Gasteiger partial charge in [0.25, 0.3) is 0 Å². The van der Waals surface area contributed by atoms with Gasteiger partial charge in [0.05, 0.1) is 20.8 Å². The predicted octanol–water partition coefficient (Wildman–Crippen LogP) is 1.44. The van der Waals surface area contributed by atoms with Gasteiger partial charge in [-0.3, -0.25) is 9.59 Å². The van der Waals surface area contributed by atoms with Crippen molar-refractivity contribution in [2.75, 3.05) is 32.7 Å². The monoisotopic (exact) mass is 364 g/mol. The van der Waals surface area contributed by atoms with Crippen LogP contribution in [0.15, 0.2) is 18.2 Å². The van der Waals surface area contributed by atoms with E-state index in [0.717, 1.165) is 25.7 Å². The van der Waals surface area contributed by atoms with Gasteiger partial charge in [0.2, 0.25) is 0 Å². The maximum absolute atomic E-state index is 12.1. The molecule has 1 saturated heterocycles. The SMILES string of the molecule is COc1ccc(NC(=O)C(=O)NC[C@H]2COC3(CCCC3)O2)cc1OC. The minimum Gasteiger partial charge on any atom is -0.493 e. The largest absolute Gasteiger partial charge is 0.493 e. The summed E-state index contributed by atoms with van der Waals surface area (Å²) in [5.74, 6) is -0.960. The van der Waals surface area contributed by atoms with Crippen LogP contribution in [0.5, 0.6) is 11.5 Å². The van der Waals surface area contributed by atoms with Gasteiger partial charge < -0.3 is 29.6 Å². The molecule has 2 aliphatic rings. The highest BCUT2D eigenvalue weighted by Crippen LogP contribution is 2.39. The van der Waals surface area contributed by atoms with Gasteiger partial charge in [-0.2, -0.15) is 0 Å². The Balaban J connectivity index is 1.48. The molecule has 1 saturated carbocycles. The number of benzene rings is 1. The second-order valence-electron chi connectivity index (χ2n) is 6.40. The number of methoxy groups -OCH3 is 2. The van der Waals surface area contributed by atoms with E-state index in [9.17, 15) is 9.59 Å². The van der Waals surface area contributed by atoms with E-state index in [0.29, 0.717) is 23.8 Å². The molecule has 0 bridgehead atoms. The summed E-state index contributed by atoms with van der Waals surface area (Å²) in [6, 6.07) is 4.86.